The van der Waals surface area contributed by atoms with Gasteiger partial charge in [-0.1, -0.05) is 12.1 Å². The van der Waals surface area contributed by atoms with Crippen LogP contribution in [0.15, 0.2) is 42.6 Å². The summed E-state index contributed by atoms with van der Waals surface area (Å²) in [6.45, 7) is 7.10. The molecular formula is C20H27ClN3O3-. The highest BCUT2D eigenvalue weighted by atomic mass is 35.5. The van der Waals surface area contributed by atoms with Crippen molar-refractivity contribution in [3.8, 4) is 11.5 Å². The van der Waals surface area contributed by atoms with Crippen LogP contribution in [0.1, 0.15) is 32.0 Å². The van der Waals surface area contributed by atoms with Gasteiger partial charge in [0.25, 0.3) is 5.91 Å². The van der Waals surface area contributed by atoms with Gasteiger partial charge in [-0.3, -0.25) is 9.78 Å². The normalized spacial score (nSPS) is 10.7. The zero-order valence-corrected chi connectivity index (χ0v) is 17.0. The molecule has 0 spiro atoms. The van der Waals surface area contributed by atoms with Gasteiger partial charge < -0.3 is 32.5 Å². The van der Waals surface area contributed by atoms with E-state index in [1.807, 2.05) is 57.2 Å². The first-order valence-electron chi connectivity index (χ1n) is 8.59. The summed E-state index contributed by atoms with van der Waals surface area (Å²) in [5.41, 5.74) is 1.77. The van der Waals surface area contributed by atoms with Gasteiger partial charge in [-0.15, -0.1) is 0 Å². The summed E-state index contributed by atoms with van der Waals surface area (Å²) in [4.78, 5) is 16.2. The molecule has 1 heterocycles. The number of nitrogens with one attached hydrogen (secondary N) is 2. The van der Waals surface area contributed by atoms with Gasteiger partial charge in [0.2, 0.25) is 0 Å². The average molecular weight is 393 g/mol. The number of hydrogen-bond donors (Lipinski definition) is 2. The number of hydrogen-bond acceptors (Lipinski definition) is 5. The van der Waals surface area contributed by atoms with Crippen molar-refractivity contribution in [1.82, 2.24) is 15.6 Å². The molecule has 1 aromatic carbocycles. The van der Waals surface area contributed by atoms with E-state index in [0.29, 0.717) is 24.6 Å². The lowest BCUT2D eigenvalue weighted by atomic mass is 10.1. The maximum Gasteiger partial charge on any atom is 0.258 e. The second kappa shape index (κ2) is 10.7. The first-order valence-corrected chi connectivity index (χ1v) is 8.59. The van der Waals surface area contributed by atoms with Crippen molar-refractivity contribution in [2.75, 3.05) is 13.7 Å². The summed E-state index contributed by atoms with van der Waals surface area (Å²) < 4.78 is 11.0. The van der Waals surface area contributed by atoms with Gasteiger partial charge in [0, 0.05) is 24.8 Å². The molecule has 2 N–H and O–H groups in total. The van der Waals surface area contributed by atoms with Crippen LogP contribution in [0.3, 0.4) is 0 Å². The van der Waals surface area contributed by atoms with Crippen LogP contribution < -0.4 is 32.5 Å². The summed E-state index contributed by atoms with van der Waals surface area (Å²) in [7, 11) is 1.59. The highest BCUT2D eigenvalue weighted by Crippen LogP contribution is 2.28. The van der Waals surface area contributed by atoms with Crippen molar-refractivity contribution < 1.29 is 26.7 Å². The first-order chi connectivity index (χ1) is 12.4. The Kier molecular flexibility index (Phi) is 9.05. The molecule has 0 aliphatic carbocycles. The standard InChI is InChI=1S/C20H27N3O3.ClH/c1-20(2,3)23-19(24)14-26-17-9-8-15(11-18(17)25-4)12-21-13-16-7-5-6-10-22-16;/h5-11,21H,12-14H2,1-4H3,(H,23,24);1H/p-1. The number of carbonyl (C=O) groups excluding carboxylic acids is 1. The molecule has 0 saturated heterocycles. The SMILES string of the molecule is COc1cc(CNCc2ccccn2)ccc1OCC(=O)NC(C)(C)C.[Cl-]. The summed E-state index contributed by atoms with van der Waals surface area (Å²) in [6, 6.07) is 11.5. The van der Waals surface area contributed by atoms with Gasteiger partial charge in [-0.2, -0.15) is 0 Å². The zero-order chi connectivity index (χ0) is 19.0. The van der Waals surface area contributed by atoms with Crippen molar-refractivity contribution in [3.63, 3.8) is 0 Å². The Morgan fingerprint density at radius 1 is 1.11 bits per heavy atom. The van der Waals surface area contributed by atoms with Crippen LogP contribution in [-0.2, 0) is 17.9 Å². The van der Waals surface area contributed by atoms with E-state index in [1.165, 1.54) is 0 Å². The van der Waals surface area contributed by atoms with Crippen LogP contribution in [0, 0.1) is 0 Å². The summed E-state index contributed by atoms with van der Waals surface area (Å²) in [5, 5.41) is 6.20. The van der Waals surface area contributed by atoms with Crippen LogP contribution >= 0.6 is 0 Å². The second-order valence-corrected chi connectivity index (χ2v) is 7.00. The van der Waals surface area contributed by atoms with Crippen molar-refractivity contribution in [2.45, 2.75) is 39.4 Å². The van der Waals surface area contributed by atoms with Gasteiger partial charge in [0.1, 0.15) is 0 Å². The number of methoxy groups -OCH3 is 1. The van der Waals surface area contributed by atoms with E-state index in [4.69, 9.17) is 9.47 Å². The average Bonchev–Trinajstić information content (AvgIpc) is 2.60. The number of pyridine rings is 1. The van der Waals surface area contributed by atoms with E-state index in [1.54, 1.807) is 13.3 Å². The minimum atomic E-state index is -0.284. The number of benzene rings is 1. The van der Waals surface area contributed by atoms with E-state index < -0.39 is 0 Å². The van der Waals surface area contributed by atoms with Gasteiger partial charge in [0.05, 0.1) is 12.8 Å². The molecule has 2 aromatic rings. The molecule has 6 nitrogen and oxygen atoms in total. The van der Waals surface area contributed by atoms with E-state index in [9.17, 15) is 4.79 Å². The Bertz CT molecular complexity index is 718. The van der Waals surface area contributed by atoms with E-state index in [2.05, 4.69) is 15.6 Å². The summed E-state index contributed by atoms with van der Waals surface area (Å²) in [6.07, 6.45) is 1.78. The number of aromatic nitrogens is 1. The Morgan fingerprint density at radius 3 is 2.52 bits per heavy atom. The lowest BCUT2D eigenvalue weighted by molar-refractivity contribution is -0.124. The molecule has 0 aliphatic rings. The van der Waals surface area contributed by atoms with Gasteiger partial charge >= 0.3 is 0 Å². The van der Waals surface area contributed by atoms with Crippen molar-refractivity contribution in [1.29, 1.82) is 0 Å². The molecule has 1 aromatic heterocycles. The molecule has 0 saturated carbocycles. The Balaban J connectivity index is 0.00000364. The third-order valence-electron chi connectivity index (χ3n) is 3.46. The monoisotopic (exact) mass is 392 g/mol. The fraction of sp³-hybridized carbons (Fsp3) is 0.400. The number of rotatable bonds is 8. The number of carbonyl (C=O) groups is 1. The molecule has 0 atom stereocenters. The maximum absolute atomic E-state index is 11.9. The molecule has 0 fully saturated rings. The lowest BCUT2D eigenvalue weighted by Crippen LogP contribution is -3.00. The van der Waals surface area contributed by atoms with Crippen LogP contribution in [0.4, 0.5) is 0 Å². The molecule has 7 heteroatoms. The summed E-state index contributed by atoms with van der Waals surface area (Å²) in [5.74, 6) is 0.983. The highest BCUT2D eigenvalue weighted by molar-refractivity contribution is 5.78. The predicted octanol–water partition coefficient (Wildman–Crippen LogP) is -0.322. The van der Waals surface area contributed by atoms with Crippen molar-refractivity contribution in [3.05, 3.63) is 53.9 Å². The van der Waals surface area contributed by atoms with Crippen molar-refractivity contribution >= 4 is 5.91 Å². The number of amides is 1. The molecule has 27 heavy (non-hydrogen) atoms. The fourth-order valence-electron chi connectivity index (χ4n) is 2.38. The smallest absolute Gasteiger partial charge is 0.258 e. The van der Waals surface area contributed by atoms with Crippen LogP contribution in [0.5, 0.6) is 11.5 Å². The third kappa shape index (κ3) is 8.28. The molecule has 0 unspecified atom stereocenters. The van der Waals surface area contributed by atoms with Crippen LogP contribution in [0.25, 0.3) is 0 Å². The molecule has 0 radical (unpaired) electrons. The predicted molar refractivity (Wildman–Crippen MR) is 101 cm³/mol. The Hall–Kier alpha value is -2.31. The van der Waals surface area contributed by atoms with E-state index in [0.717, 1.165) is 11.3 Å². The van der Waals surface area contributed by atoms with Gasteiger partial charge in [-0.25, -0.2) is 0 Å². The lowest BCUT2D eigenvalue weighted by Gasteiger charge is -2.20. The molecule has 148 valence electrons. The second-order valence-electron chi connectivity index (χ2n) is 7.00. The van der Waals surface area contributed by atoms with Gasteiger partial charge in [0.15, 0.2) is 18.1 Å². The van der Waals surface area contributed by atoms with Gasteiger partial charge in [-0.05, 0) is 50.6 Å². The molecular weight excluding hydrogens is 366 g/mol. The van der Waals surface area contributed by atoms with Crippen LogP contribution in [0.2, 0.25) is 0 Å². The van der Waals surface area contributed by atoms with Crippen LogP contribution in [-0.4, -0.2) is 30.1 Å². The molecule has 2 rings (SSSR count). The minimum absolute atomic E-state index is 0. The number of halogens is 1. The largest absolute Gasteiger partial charge is 1.00 e. The van der Waals surface area contributed by atoms with Crippen molar-refractivity contribution in [2.24, 2.45) is 0 Å². The third-order valence-corrected chi connectivity index (χ3v) is 3.46. The molecule has 0 aliphatic heterocycles. The Labute approximate surface area is 167 Å². The summed E-state index contributed by atoms with van der Waals surface area (Å²) >= 11 is 0. The topological polar surface area (TPSA) is 72.5 Å². The van der Waals surface area contributed by atoms with E-state index in [-0.39, 0.29) is 30.5 Å². The minimum Gasteiger partial charge on any atom is -1.00 e. The quantitative estimate of drug-likeness (QED) is 0.644. The number of ether oxygens (including phenoxy) is 2. The zero-order valence-electron chi connectivity index (χ0n) is 16.2. The highest BCUT2D eigenvalue weighted by Gasteiger charge is 2.15. The fourth-order valence-corrected chi connectivity index (χ4v) is 2.38. The number of nitrogens with zero attached hydrogens (tertiary/aromatic N) is 1. The first kappa shape index (κ1) is 22.7. The molecule has 1 amide bonds. The Morgan fingerprint density at radius 2 is 1.89 bits per heavy atom. The molecule has 0 bridgehead atoms. The maximum atomic E-state index is 11.9. The van der Waals surface area contributed by atoms with E-state index >= 15 is 0 Å².